The molecule has 0 radical (unpaired) electrons. The second-order valence-corrected chi connectivity index (χ2v) is 9.90. The number of nitrogens with one attached hydrogen (secondary N) is 1. The van der Waals surface area contributed by atoms with Gasteiger partial charge in [0.1, 0.15) is 0 Å². The number of sulfonamides is 1. The highest BCUT2D eigenvalue weighted by atomic mass is 32.2. The minimum atomic E-state index is -3.74. The van der Waals surface area contributed by atoms with Crippen molar-refractivity contribution in [2.45, 2.75) is 16.2 Å². The summed E-state index contributed by atoms with van der Waals surface area (Å²) in [6, 6.07) is 15.6. The third kappa shape index (κ3) is 6.64. The summed E-state index contributed by atoms with van der Waals surface area (Å²) in [6.45, 7) is 7.47. The summed E-state index contributed by atoms with van der Waals surface area (Å²) in [5, 5.41) is 10.3. The van der Waals surface area contributed by atoms with E-state index in [1.807, 2.05) is 30.3 Å². The molecule has 0 atom stereocenters. The molecule has 0 aliphatic rings. The van der Waals surface area contributed by atoms with E-state index in [1.54, 1.807) is 11.8 Å². The molecular weight excluding hydrogens is 460 g/mol. The van der Waals surface area contributed by atoms with E-state index in [2.05, 4.69) is 28.7 Å². The molecule has 0 aliphatic carbocycles. The van der Waals surface area contributed by atoms with Crippen LogP contribution in [0.25, 0.3) is 0 Å². The van der Waals surface area contributed by atoms with E-state index in [0.29, 0.717) is 12.3 Å². The second kappa shape index (κ2) is 11.6. The van der Waals surface area contributed by atoms with Crippen LogP contribution in [-0.4, -0.2) is 47.7 Å². The zero-order chi connectivity index (χ0) is 23.7. The lowest BCUT2D eigenvalue weighted by molar-refractivity contribution is 0.102. The van der Waals surface area contributed by atoms with Crippen molar-refractivity contribution in [3.63, 3.8) is 0 Å². The van der Waals surface area contributed by atoms with Crippen LogP contribution in [0, 0.1) is 0 Å². The Kier molecular flexibility index (Phi) is 8.58. The number of hydrogen-bond acceptors (Lipinski definition) is 7. The van der Waals surface area contributed by atoms with Gasteiger partial charge in [0.05, 0.1) is 4.90 Å². The minimum absolute atomic E-state index is 0.0143. The lowest BCUT2D eigenvalue weighted by atomic mass is 10.2. The van der Waals surface area contributed by atoms with Crippen LogP contribution in [0.5, 0.6) is 0 Å². The molecule has 1 N–H and O–H groups in total. The van der Waals surface area contributed by atoms with Crippen molar-refractivity contribution in [2.75, 3.05) is 24.2 Å². The van der Waals surface area contributed by atoms with E-state index < -0.39 is 15.9 Å². The molecule has 0 saturated carbocycles. The van der Waals surface area contributed by atoms with Crippen molar-refractivity contribution in [2.24, 2.45) is 0 Å². The summed E-state index contributed by atoms with van der Waals surface area (Å²) in [5.41, 5.74) is 0.257. The molecule has 33 heavy (non-hydrogen) atoms. The maximum atomic E-state index is 12.8. The Labute approximate surface area is 197 Å². The summed E-state index contributed by atoms with van der Waals surface area (Å²) in [7, 11) is -3.74. The van der Waals surface area contributed by atoms with Gasteiger partial charge in [-0.25, -0.2) is 8.42 Å². The third-order valence-electron chi connectivity index (χ3n) is 4.43. The van der Waals surface area contributed by atoms with Gasteiger partial charge in [-0.1, -0.05) is 35.4 Å². The Bertz CT molecular complexity index is 1180. The van der Waals surface area contributed by atoms with Gasteiger partial charge in [-0.05, 0) is 36.4 Å². The SMILES string of the molecule is C=CCN(CC=C)S(=O)(=O)c1ccc(C(=O)Nc2nnc(CCSc3ccccc3)o2)cc1. The van der Waals surface area contributed by atoms with Crippen molar-refractivity contribution in [1.29, 1.82) is 0 Å². The first-order valence-electron chi connectivity index (χ1n) is 10.1. The van der Waals surface area contributed by atoms with E-state index in [0.717, 1.165) is 10.6 Å². The number of nitrogens with zero attached hydrogens (tertiary/aromatic N) is 3. The molecule has 1 aromatic heterocycles. The molecule has 0 saturated heterocycles. The van der Waals surface area contributed by atoms with Gasteiger partial charge in [-0.2, -0.15) is 4.31 Å². The van der Waals surface area contributed by atoms with E-state index in [-0.39, 0.29) is 29.6 Å². The number of thioether (sulfide) groups is 1. The number of carbonyl (C=O) groups is 1. The lowest BCUT2D eigenvalue weighted by Crippen LogP contribution is -2.31. The Balaban J connectivity index is 1.58. The van der Waals surface area contributed by atoms with Crippen molar-refractivity contribution < 1.29 is 17.6 Å². The number of aromatic nitrogens is 2. The first kappa shape index (κ1) is 24.4. The average molecular weight is 485 g/mol. The number of rotatable bonds is 12. The van der Waals surface area contributed by atoms with Crippen LogP contribution in [0.15, 0.2) is 94.1 Å². The smallest absolute Gasteiger partial charge is 0.322 e. The average Bonchev–Trinajstić information content (AvgIpc) is 3.26. The number of anilines is 1. The Morgan fingerprint density at radius 1 is 1.03 bits per heavy atom. The van der Waals surface area contributed by atoms with Crippen LogP contribution in [0.3, 0.4) is 0 Å². The topological polar surface area (TPSA) is 105 Å². The van der Waals surface area contributed by atoms with E-state index >= 15 is 0 Å². The molecule has 0 unspecified atom stereocenters. The number of amides is 1. The molecule has 0 spiro atoms. The molecule has 1 amide bonds. The van der Waals surface area contributed by atoms with Crippen molar-refractivity contribution >= 4 is 33.7 Å². The number of benzene rings is 2. The molecule has 8 nitrogen and oxygen atoms in total. The van der Waals surface area contributed by atoms with Gasteiger partial charge in [0.25, 0.3) is 5.91 Å². The number of aryl methyl sites for hydroxylation is 1. The Hall–Kier alpha value is -3.21. The fourth-order valence-electron chi connectivity index (χ4n) is 2.83. The van der Waals surface area contributed by atoms with E-state index in [9.17, 15) is 13.2 Å². The Morgan fingerprint density at radius 2 is 1.70 bits per heavy atom. The number of hydrogen-bond donors (Lipinski definition) is 1. The Morgan fingerprint density at radius 3 is 2.33 bits per heavy atom. The molecule has 172 valence electrons. The monoisotopic (exact) mass is 484 g/mol. The first-order valence-corrected chi connectivity index (χ1v) is 12.5. The minimum Gasteiger partial charge on any atom is -0.408 e. The van der Waals surface area contributed by atoms with Crippen LogP contribution in [0.4, 0.5) is 6.01 Å². The predicted molar refractivity (Wildman–Crippen MR) is 129 cm³/mol. The van der Waals surface area contributed by atoms with Gasteiger partial charge >= 0.3 is 6.01 Å². The van der Waals surface area contributed by atoms with Gasteiger partial charge in [0.2, 0.25) is 15.9 Å². The van der Waals surface area contributed by atoms with Crippen LogP contribution < -0.4 is 5.32 Å². The van der Waals surface area contributed by atoms with Crippen LogP contribution >= 0.6 is 11.8 Å². The van der Waals surface area contributed by atoms with Gasteiger partial charge < -0.3 is 4.42 Å². The molecule has 10 heteroatoms. The highest BCUT2D eigenvalue weighted by Gasteiger charge is 2.23. The van der Waals surface area contributed by atoms with Gasteiger partial charge in [-0.3, -0.25) is 10.1 Å². The summed E-state index contributed by atoms with van der Waals surface area (Å²) in [4.78, 5) is 13.7. The number of carbonyl (C=O) groups excluding carboxylic acids is 1. The van der Waals surface area contributed by atoms with Crippen molar-refractivity contribution in [3.8, 4) is 0 Å². The van der Waals surface area contributed by atoms with Crippen LogP contribution in [-0.2, 0) is 16.4 Å². The normalized spacial score (nSPS) is 11.3. The zero-order valence-electron chi connectivity index (χ0n) is 17.9. The summed E-state index contributed by atoms with van der Waals surface area (Å²) in [5.74, 6) is 0.686. The summed E-state index contributed by atoms with van der Waals surface area (Å²) in [6.07, 6.45) is 3.56. The van der Waals surface area contributed by atoms with Gasteiger partial charge in [0.15, 0.2) is 0 Å². The lowest BCUT2D eigenvalue weighted by Gasteiger charge is -2.19. The fourth-order valence-corrected chi connectivity index (χ4v) is 5.08. The predicted octanol–water partition coefficient (Wildman–Crippen LogP) is 4.02. The molecule has 2 aromatic carbocycles. The highest BCUT2D eigenvalue weighted by molar-refractivity contribution is 7.99. The van der Waals surface area contributed by atoms with E-state index in [1.165, 1.54) is 40.7 Å². The second-order valence-electron chi connectivity index (χ2n) is 6.79. The maximum Gasteiger partial charge on any atom is 0.322 e. The fraction of sp³-hybridized carbons (Fsp3) is 0.174. The summed E-state index contributed by atoms with van der Waals surface area (Å²) >= 11 is 1.67. The standard InChI is InChI=1S/C23H24N4O4S2/c1-3-15-27(16-4-2)33(29,30)20-12-10-18(11-13-20)22(28)24-23-26-25-21(31-23)14-17-32-19-8-6-5-7-9-19/h3-13H,1-2,14-17H2,(H,24,26,28). The highest BCUT2D eigenvalue weighted by Crippen LogP contribution is 2.20. The molecule has 3 aromatic rings. The van der Waals surface area contributed by atoms with Gasteiger partial charge in [0, 0.05) is 35.7 Å². The third-order valence-corrected chi connectivity index (χ3v) is 7.29. The van der Waals surface area contributed by atoms with E-state index in [4.69, 9.17) is 4.42 Å². The van der Waals surface area contributed by atoms with Crippen LogP contribution in [0.2, 0.25) is 0 Å². The molecule has 0 fully saturated rings. The van der Waals surface area contributed by atoms with Gasteiger partial charge in [-0.15, -0.1) is 30.0 Å². The first-order chi connectivity index (χ1) is 15.9. The zero-order valence-corrected chi connectivity index (χ0v) is 19.5. The van der Waals surface area contributed by atoms with Crippen molar-refractivity contribution in [1.82, 2.24) is 14.5 Å². The maximum absolute atomic E-state index is 12.8. The summed E-state index contributed by atoms with van der Waals surface area (Å²) < 4.78 is 32.2. The molecular formula is C23H24N4O4S2. The molecule has 1 heterocycles. The molecule has 3 rings (SSSR count). The van der Waals surface area contributed by atoms with Crippen LogP contribution in [0.1, 0.15) is 16.2 Å². The molecule has 0 aliphatic heterocycles. The quantitative estimate of drug-likeness (QED) is 0.306. The largest absolute Gasteiger partial charge is 0.408 e. The molecule has 0 bridgehead atoms. The van der Waals surface area contributed by atoms with Crippen molar-refractivity contribution in [3.05, 3.63) is 91.4 Å².